The Hall–Kier alpha value is -1.83. The first-order chi connectivity index (χ1) is 8.53. The lowest BCUT2D eigenvalue weighted by molar-refractivity contribution is 0.409. The lowest BCUT2D eigenvalue weighted by atomic mass is 9.88. The van der Waals surface area contributed by atoms with Gasteiger partial charge in [-0.25, -0.2) is 0 Å². The fourth-order valence-electron chi connectivity index (χ4n) is 1.87. The molecule has 0 unspecified atom stereocenters. The van der Waals surface area contributed by atoms with Crippen molar-refractivity contribution in [1.82, 2.24) is 4.98 Å². The van der Waals surface area contributed by atoms with Crippen molar-refractivity contribution in [1.29, 1.82) is 0 Å². The number of nitrogens with zero attached hydrogens (tertiary/aromatic N) is 1. The first-order valence-corrected chi connectivity index (χ1v) is 6.20. The highest BCUT2D eigenvalue weighted by Crippen LogP contribution is 2.25. The summed E-state index contributed by atoms with van der Waals surface area (Å²) < 4.78 is 5.79. The van der Waals surface area contributed by atoms with E-state index < -0.39 is 0 Å². The third-order valence-electron chi connectivity index (χ3n) is 2.52. The molecule has 0 N–H and O–H groups in total. The predicted octanol–water partition coefficient (Wildman–Crippen LogP) is 4.46. The van der Waals surface area contributed by atoms with Crippen LogP contribution in [0.4, 0.5) is 0 Å². The van der Waals surface area contributed by atoms with E-state index in [1.54, 1.807) is 12.4 Å². The van der Waals surface area contributed by atoms with Crippen LogP contribution in [0.3, 0.4) is 0 Å². The molecule has 2 nitrogen and oxygen atoms in total. The highest BCUT2D eigenvalue weighted by Gasteiger charge is 2.11. The van der Waals surface area contributed by atoms with E-state index in [0.717, 1.165) is 17.9 Å². The van der Waals surface area contributed by atoms with Gasteiger partial charge in [0.2, 0.25) is 0 Å². The van der Waals surface area contributed by atoms with E-state index in [1.165, 1.54) is 5.56 Å². The van der Waals surface area contributed by atoms with E-state index >= 15 is 0 Å². The number of benzene rings is 1. The Morgan fingerprint density at radius 1 is 1.00 bits per heavy atom. The zero-order valence-corrected chi connectivity index (χ0v) is 11.2. The largest absolute Gasteiger partial charge is 0.457 e. The molecule has 0 saturated heterocycles. The Morgan fingerprint density at radius 2 is 1.72 bits per heavy atom. The van der Waals surface area contributed by atoms with Gasteiger partial charge in [-0.3, -0.25) is 4.98 Å². The van der Waals surface area contributed by atoms with Crippen molar-refractivity contribution in [3.05, 3.63) is 54.4 Å². The highest BCUT2D eigenvalue weighted by molar-refractivity contribution is 5.33. The molecule has 0 radical (unpaired) electrons. The fraction of sp³-hybridized carbons (Fsp3) is 0.312. The number of aromatic nitrogens is 1. The number of pyridine rings is 1. The smallest absolute Gasteiger partial charge is 0.130 e. The highest BCUT2D eigenvalue weighted by atomic mass is 16.5. The zero-order valence-electron chi connectivity index (χ0n) is 11.2. The molecule has 0 bridgehead atoms. The first kappa shape index (κ1) is 12.6. The molecular weight excluding hydrogens is 222 g/mol. The minimum Gasteiger partial charge on any atom is -0.457 e. The summed E-state index contributed by atoms with van der Waals surface area (Å²) in [5, 5.41) is 0. The molecule has 1 heterocycles. The molecule has 0 amide bonds. The van der Waals surface area contributed by atoms with Crippen molar-refractivity contribution >= 4 is 0 Å². The van der Waals surface area contributed by atoms with Gasteiger partial charge in [0.25, 0.3) is 0 Å². The van der Waals surface area contributed by atoms with E-state index in [2.05, 4.69) is 37.9 Å². The summed E-state index contributed by atoms with van der Waals surface area (Å²) in [7, 11) is 0. The van der Waals surface area contributed by atoms with Gasteiger partial charge in [0.15, 0.2) is 0 Å². The minimum absolute atomic E-state index is 0.287. The number of hydrogen-bond acceptors (Lipinski definition) is 2. The van der Waals surface area contributed by atoms with Gasteiger partial charge in [-0.2, -0.15) is 0 Å². The van der Waals surface area contributed by atoms with Crippen LogP contribution in [0.5, 0.6) is 11.5 Å². The Balaban J connectivity index is 2.13. The Bertz CT molecular complexity index is 500. The summed E-state index contributed by atoms with van der Waals surface area (Å²) in [5.41, 5.74) is 1.59. The first-order valence-electron chi connectivity index (χ1n) is 6.20. The van der Waals surface area contributed by atoms with E-state index in [9.17, 15) is 0 Å². The molecule has 0 aliphatic carbocycles. The van der Waals surface area contributed by atoms with Crippen LogP contribution in [-0.4, -0.2) is 4.98 Å². The molecule has 2 heteroatoms. The maximum absolute atomic E-state index is 5.79. The maximum Gasteiger partial charge on any atom is 0.130 e. The Labute approximate surface area is 109 Å². The molecule has 0 spiro atoms. The van der Waals surface area contributed by atoms with Crippen molar-refractivity contribution in [2.75, 3.05) is 0 Å². The van der Waals surface area contributed by atoms with Gasteiger partial charge >= 0.3 is 0 Å². The van der Waals surface area contributed by atoms with E-state index in [4.69, 9.17) is 4.74 Å². The van der Waals surface area contributed by atoms with Crippen LogP contribution in [0.15, 0.2) is 48.8 Å². The Kier molecular flexibility index (Phi) is 3.66. The SMILES string of the molecule is CC(C)(C)Cc1cccc(Oc2ccncc2)c1. The van der Waals surface area contributed by atoms with Gasteiger partial charge in [0.05, 0.1) is 0 Å². The number of rotatable bonds is 3. The summed E-state index contributed by atoms with van der Waals surface area (Å²) in [6, 6.07) is 12.0. The van der Waals surface area contributed by atoms with Gasteiger partial charge < -0.3 is 4.74 Å². The van der Waals surface area contributed by atoms with Gasteiger partial charge in [0.1, 0.15) is 11.5 Å². The fourth-order valence-corrected chi connectivity index (χ4v) is 1.87. The Morgan fingerprint density at radius 3 is 2.39 bits per heavy atom. The molecule has 0 aliphatic heterocycles. The van der Waals surface area contributed by atoms with E-state index in [0.29, 0.717) is 0 Å². The second-order valence-electron chi connectivity index (χ2n) is 5.67. The number of hydrogen-bond donors (Lipinski definition) is 0. The average Bonchev–Trinajstić information content (AvgIpc) is 2.28. The maximum atomic E-state index is 5.79. The van der Waals surface area contributed by atoms with Crippen LogP contribution < -0.4 is 4.74 Å². The average molecular weight is 241 g/mol. The molecule has 94 valence electrons. The molecule has 0 fully saturated rings. The molecule has 2 aromatic rings. The van der Waals surface area contributed by atoms with Crippen LogP contribution in [-0.2, 0) is 6.42 Å². The van der Waals surface area contributed by atoms with Gasteiger partial charge in [-0.1, -0.05) is 32.9 Å². The second-order valence-corrected chi connectivity index (χ2v) is 5.67. The van der Waals surface area contributed by atoms with Crippen LogP contribution in [0.2, 0.25) is 0 Å². The van der Waals surface area contributed by atoms with E-state index in [1.807, 2.05) is 24.3 Å². The lowest BCUT2D eigenvalue weighted by Gasteiger charge is -2.18. The van der Waals surface area contributed by atoms with Gasteiger partial charge in [-0.05, 0) is 41.7 Å². The summed E-state index contributed by atoms with van der Waals surface area (Å²) >= 11 is 0. The quantitative estimate of drug-likeness (QED) is 0.791. The minimum atomic E-state index is 0.287. The summed E-state index contributed by atoms with van der Waals surface area (Å²) in [4.78, 5) is 3.97. The topological polar surface area (TPSA) is 22.1 Å². The van der Waals surface area contributed by atoms with Crippen molar-refractivity contribution < 1.29 is 4.74 Å². The standard InChI is InChI=1S/C16H19NO/c1-16(2,3)12-13-5-4-6-15(11-13)18-14-7-9-17-10-8-14/h4-11H,12H2,1-3H3. The van der Waals surface area contributed by atoms with Crippen molar-refractivity contribution in [2.45, 2.75) is 27.2 Å². The monoisotopic (exact) mass is 241 g/mol. The molecule has 0 atom stereocenters. The molecule has 1 aromatic heterocycles. The lowest BCUT2D eigenvalue weighted by Crippen LogP contribution is -2.08. The molecule has 0 aliphatic rings. The van der Waals surface area contributed by atoms with Gasteiger partial charge in [0, 0.05) is 12.4 Å². The molecular formula is C16H19NO. The van der Waals surface area contributed by atoms with Crippen LogP contribution in [0.1, 0.15) is 26.3 Å². The molecule has 2 rings (SSSR count). The van der Waals surface area contributed by atoms with Crippen LogP contribution in [0.25, 0.3) is 0 Å². The summed E-state index contributed by atoms with van der Waals surface area (Å²) in [5.74, 6) is 1.70. The second kappa shape index (κ2) is 5.21. The molecule has 18 heavy (non-hydrogen) atoms. The molecule has 1 aromatic carbocycles. The summed E-state index contributed by atoms with van der Waals surface area (Å²) in [6.07, 6.45) is 4.50. The number of ether oxygens (including phenoxy) is 1. The van der Waals surface area contributed by atoms with Gasteiger partial charge in [-0.15, -0.1) is 0 Å². The van der Waals surface area contributed by atoms with Crippen LogP contribution in [0, 0.1) is 5.41 Å². The summed E-state index contributed by atoms with van der Waals surface area (Å²) in [6.45, 7) is 6.72. The third-order valence-corrected chi connectivity index (χ3v) is 2.52. The van der Waals surface area contributed by atoms with Crippen LogP contribution >= 0.6 is 0 Å². The predicted molar refractivity (Wildman–Crippen MR) is 73.9 cm³/mol. The molecule has 0 saturated carbocycles. The zero-order chi connectivity index (χ0) is 13.0. The van der Waals surface area contributed by atoms with E-state index in [-0.39, 0.29) is 5.41 Å². The van der Waals surface area contributed by atoms with Crippen molar-refractivity contribution in [3.63, 3.8) is 0 Å². The third kappa shape index (κ3) is 3.88. The van der Waals surface area contributed by atoms with Crippen molar-refractivity contribution in [2.24, 2.45) is 5.41 Å². The van der Waals surface area contributed by atoms with Crippen molar-refractivity contribution in [3.8, 4) is 11.5 Å². The normalized spacial score (nSPS) is 11.3.